The summed E-state index contributed by atoms with van der Waals surface area (Å²) in [5, 5.41) is 4.53. The molecule has 66 valence electrons. The molecule has 0 atom stereocenters. The summed E-state index contributed by atoms with van der Waals surface area (Å²) in [6.45, 7) is 0. The molecule has 2 nitrogen and oxygen atoms in total. The summed E-state index contributed by atoms with van der Waals surface area (Å²) in [5.41, 5.74) is 2.14. The van der Waals surface area contributed by atoms with Gasteiger partial charge in [-0.05, 0) is 0 Å². The first-order chi connectivity index (χ1) is 6.42. The molecule has 0 aliphatic rings. The number of hydrogen-bond acceptors (Lipinski definition) is 2. The summed E-state index contributed by atoms with van der Waals surface area (Å²) in [7, 11) is 0. The van der Waals surface area contributed by atoms with Gasteiger partial charge in [-0.3, -0.25) is 0 Å². The number of halogens is 1. The maximum absolute atomic E-state index is 5.16. The summed E-state index contributed by atoms with van der Waals surface area (Å²) in [5.74, 6) is 0.845. The smallest absolute Gasteiger partial charge is 0.170 e. The standard InChI is InChI=1S/C10H8BrNO/c11-6-9-7-12-13-10(9)8-4-2-1-3-5-8/h1-5,7H,6H2. The van der Waals surface area contributed by atoms with Gasteiger partial charge in [-0.2, -0.15) is 0 Å². The zero-order chi connectivity index (χ0) is 9.10. The van der Waals surface area contributed by atoms with Gasteiger partial charge in [0.1, 0.15) is 0 Å². The second-order valence-electron chi connectivity index (χ2n) is 2.68. The SMILES string of the molecule is BrCc1cnoc1-c1ccccc1. The third-order valence-electron chi connectivity index (χ3n) is 1.82. The first kappa shape index (κ1) is 8.51. The van der Waals surface area contributed by atoms with E-state index in [1.54, 1.807) is 6.20 Å². The van der Waals surface area contributed by atoms with Crippen LogP contribution in [0.3, 0.4) is 0 Å². The number of benzene rings is 1. The quantitative estimate of drug-likeness (QED) is 0.750. The monoisotopic (exact) mass is 237 g/mol. The Balaban J connectivity index is 2.47. The minimum atomic E-state index is 0.765. The van der Waals surface area contributed by atoms with Crippen molar-refractivity contribution in [2.75, 3.05) is 0 Å². The van der Waals surface area contributed by atoms with Crippen molar-refractivity contribution in [2.24, 2.45) is 0 Å². The second-order valence-corrected chi connectivity index (χ2v) is 3.24. The fraction of sp³-hybridized carbons (Fsp3) is 0.100. The van der Waals surface area contributed by atoms with E-state index in [1.807, 2.05) is 30.3 Å². The normalized spacial score (nSPS) is 10.2. The van der Waals surface area contributed by atoms with Crippen LogP contribution in [-0.2, 0) is 5.33 Å². The van der Waals surface area contributed by atoms with Crippen LogP contribution in [0.25, 0.3) is 11.3 Å². The summed E-state index contributed by atoms with van der Waals surface area (Å²) < 4.78 is 5.16. The topological polar surface area (TPSA) is 26.0 Å². The van der Waals surface area contributed by atoms with Crippen LogP contribution in [0.4, 0.5) is 0 Å². The van der Waals surface area contributed by atoms with E-state index in [2.05, 4.69) is 21.1 Å². The molecule has 3 heteroatoms. The maximum atomic E-state index is 5.16. The minimum absolute atomic E-state index is 0.765. The van der Waals surface area contributed by atoms with Crippen LogP contribution < -0.4 is 0 Å². The predicted molar refractivity (Wildman–Crippen MR) is 54.6 cm³/mol. The number of hydrogen-bond donors (Lipinski definition) is 0. The van der Waals surface area contributed by atoms with Crippen LogP contribution in [0, 0.1) is 0 Å². The molecule has 0 N–H and O–H groups in total. The molecule has 0 aliphatic heterocycles. The summed E-state index contributed by atoms with van der Waals surface area (Å²) in [6, 6.07) is 9.96. The molecule has 13 heavy (non-hydrogen) atoms. The number of nitrogens with zero attached hydrogens (tertiary/aromatic N) is 1. The maximum Gasteiger partial charge on any atom is 0.170 e. The highest BCUT2D eigenvalue weighted by Gasteiger charge is 2.07. The van der Waals surface area contributed by atoms with Gasteiger partial charge >= 0.3 is 0 Å². The Morgan fingerprint density at radius 1 is 1.23 bits per heavy atom. The van der Waals surface area contributed by atoms with E-state index in [9.17, 15) is 0 Å². The van der Waals surface area contributed by atoms with Crippen LogP contribution in [0.1, 0.15) is 5.56 Å². The van der Waals surface area contributed by atoms with Crippen LogP contribution in [0.15, 0.2) is 41.1 Å². The molecular formula is C10H8BrNO. The van der Waals surface area contributed by atoms with E-state index in [-0.39, 0.29) is 0 Å². The zero-order valence-electron chi connectivity index (χ0n) is 6.90. The Morgan fingerprint density at radius 2 is 2.00 bits per heavy atom. The first-order valence-electron chi connectivity index (χ1n) is 3.97. The Kier molecular flexibility index (Phi) is 2.45. The molecule has 0 saturated carbocycles. The van der Waals surface area contributed by atoms with Crippen LogP contribution in [-0.4, -0.2) is 5.16 Å². The Morgan fingerprint density at radius 3 is 2.69 bits per heavy atom. The van der Waals surface area contributed by atoms with Gasteiger partial charge in [0.25, 0.3) is 0 Å². The van der Waals surface area contributed by atoms with E-state index >= 15 is 0 Å². The Bertz CT molecular complexity index is 383. The lowest BCUT2D eigenvalue weighted by Crippen LogP contribution is -1.78. The van der Waals surface area contributed by atoms with Gasteiger partial charge in [-0.25, -0.2) is 0 Å². The van der Waals surface area contributed by atoms with E-state index < -0.39 is 0 Å². The highest BCUT2D eigenvalue weighted by molar-refractivity contribution is 9.08. The largest absolute Gasteiger partial charge is 0.356 e. The van der Waals surface area contributed by atoms with Crippen molar-refractivity contribution in [1.82, 2.24) is 5.16 Å². The van der Waals surface area contributed by atoms with Crippen molar-refractivity contribution in [3.05, 3.63) is 42.1 Å². The van der Waals surface area contributed by atoms with Crippen molar-refractivity contribution >= 4 is 15.9 Å². The highest BCUT2D eigenvalue weighted by Crippen LogP contribution is 2.24. The molecule has 2 aromatic rings. The summed E-state index contributed by atoms with van der Waals surface area (Å²) in [4.78, 5) is 0. The van der Waals surface area contributed by atoms with E-state index in [4.69, 9.17) is 4.52 Å². The van der Waals surface area contributed by atoms with Gasteiger partial charge in [0.15, 0.2) is 5.76 Å². The van der Waals surface area contributed by atoms with E-state index in [1.165, 1.54) is 0 Å². The van der Waals surface area contributed by atoms with Crippen molar-refractivity contribution in [3.63, 3.8) is 0 Å². The number of alkyl halides is 1. The Hall–Kier alpha value is -1.09. The van der Waals surface area contributed by atoms with E-state index in [0.717, 1.165) is 22.2 Å². The lowest BCUT2D eigenvalue weighted by atomic mass is 10.1. The van der Waals surface area contributed by atoms with Crippen molar-refractivity contribution in [2.45, 2.75) is 5.33 Å². The van der Waals surface area contributed by atoms with E-state index in [0.29, 0.717) is 0 Å². The molecule has 0 unspecified atom stereocenters. The van der Waals surface area contributed by atoms with Crippen molar-refractivity contribution in [1.29, 1.82) is 0 Å². The van der Waals surface area contributed by atoms with Crippen LogP contribution >= 0.6 is 15.9 Å². The van der Waals surface area contributed by atoms with Crippen molar-refractivity contribution in [3.8, 4) is 11.3 Å². The average Bonchev–Trinajstić information content (AvgIpc) is 2.67. The third kappa shape index (κ3) is 1.65. The molecule has 2 rings (SSSR count). The highest BCUT2D eigenvalue weighted by atomic mass is 79.9. The molecule has 1 aromatic carbocycles. The molecule has 1 aromatic heterocycles. The minimum Gasteiger partial charge on any atom is -0.356 e. The molecule has 1 heterocycles. The lowest BCUT2D eigenvalue weighted by molar-refractivity contribution is 0.432. The van der Waals surface area contributed by atoms with Gasteiger partial charge in [-0.1, -0.05) is 51.4 Å². The van der Waals surface area contributed by atoms with Gasteiger partial charge in [0.05, 0.1) is 6.20 Å². The summed E-state index contributed by atoms with van der Waals surface area (Å²) in [6.07, 6.45) is 1.73. The van der Waals surface area contributed by atoms with Gasteiger partial charge < -0.3 is 4.52 Å². The molecule has 0 saturated heterocycles. The van der Waals surface area contributed by atoms with Gasteiger partial charge in [-0.15, -0.1) is 0 Å². The zero-order valence-corrected chi connectivity index (χ0v) is 8.49. The number of rotatable bonds is 2. The molecule has 0 bridgehead atoms. The molecule has 0 amide bonds. The molecular weight excluding hydrogens is 230 g/mol. The Labute approximate surface area is 84.7 Å². The first-order valence-corrected chi connectivity index (χ1v) is 5.09. The summed E-state index contributed by atoms with van der Waals surface area (Å²) >= 11 is 3.38. The van der Waals surface area contributed by atoms with Gasteiger partial charge in [0, 0.05) is 16.5 Å². The third-order valence-corrected chi connectivity index (χ3v) is 2.43. The lowest BCUT2D eigenvalue weighted by Gasteiger charge is -1.96. The second kappa shape index (κ2) is 3.75. The molecule has 0 spiro atoms. The molecule has 0 aliphatic carbocycles. The number of aromatic nitrogens is 1. The fourth-order valence-electron chi connectivity index (χ4n) is 1.18. The average molecular weight is 238 g/mol. The van der Waals surface area contributed by atoms with Crippen molar-refractivity contribution < 1.29 is 4.52 Å². The predicted octanol–water partition coefficient (Wildman–Crippen LogP) is 3.24. The van der Waals surface area contributed by atoms with Crippen LogP contribution in [0.2, 0.25) is 0 Å². The molecule has 0 fully saturated rings. The van der Waals surface area contributed by atoms with Gasteiger partial charge in [0.2, 0.25) is 0 Å². The van der Waals surface area contributed by atoms with Crippen LogP contribution in [0.5, 0.6) is 0 Å². The molecule has 0 radical (unpaired) electrons. The fourth-order valence-corrected chi connectivity index (χ4v) is 1.58.